The van der Waals surface area contributed by atoms with Crippen molar-refractivity contribution in [3.05, 3.63) is 35.4 Å². The summed E-state index contributed by atoms with van der Waals surface area (Å²) in [5, 5.41) is 2.70. The number of esters is 1. The smallest absolute Gasteiger partial charge is 0.329 e. The summed E-state index contributed by atoms with van der Waals surface area (Å²) in [4.78, 5) is 50.8. The average Bonchev–Trinajstić information content (AvgIpc) is 2.88. The number of hydrogen-bond donors (Lipinski definition) is 1. The summed E-state index contributed by atoms with van der Waals surface area (Å²) in [6.45, 7) is 7.10. The van der Waals surface area contributed by atoms with E-state index in [0.717, 1.165) is 11.3 Å². The Morgan fingerprint density at radius 1 is 1.07 bits per heavy atom. The normalized spacial score (nSPS) is 15.5. The molecule has 0 saturated carbocycles. The molecule has 2 rings (SSSR count). The van der Waals surface area contributed by atoms with E-state index < -0.39 is 36.3 Å². The third-order valence-electron chi connectivity index (χ3n) is 4.47. The van der Waals surface area contributed by atoms with Crippen molar-refractivity contribution in [3.63, 3.8) is 0 Å². The monoisotopic (exact) mass is 374 g/mol. The first-order valence-corrected chi connectivity index (χ1v) is 9.19. The average molecular weight is 374 g/mol. The fourth-order valence-corrected chi connectivity index (χ4v) is 2.90. The minimum atomic E-state index is -1.06. The van der Waals surface area contributed by atoms with Crippen LogP contribution in [0.5, 0.6) is 0 Å². The maximum atomic E-state index is 12.7. The van der Waals surface area contributed by atoms with Crippen LogP contribution in [0.15, 0.2) is 24.3 Å². The van der Waals surface area contributed by atoms with E-state index in [2.05, 4.69) is 5.32 Å². The highest BCUT2D eigenvalue weighted by Crippen LogP contribution is 2.27. The molecule has 146 valence electrons. The first kappa shape index (κ1) is 20.6. The highest BCUT2D eigenvalue weighted by Gasteiger charge is 2.43. The van der Waals surface area contributed by atoms with E-state index in [-0.39, 0.29) is 29.5 Å². The third kappa shape index (κ3) is 4.72. The van der Waals surface area contributed by atoms with Gasteiger partial charge in [-0.25, -0.2) is 4.79 Å². The molecule has 0 unspecified atom stereocenters. The summed E-state index contributed by atoms with van der Waals surface area (Å²) in [5.74, 6) is -2.15. The van der Waals surface area contributed by atoms with Gasteiger partial charge in [0.05, 0.1) is 11.1 Å². The lowest BCUT2D eigenvalue weighted by Crippen LogP contribution is -2.47. The van der Waals surface area contributed by atoms with Crippen molar-refractivity contribution < 1.29 is 23.9 Å². The molecule has 1 aromatic carbocycles. The number of nitrogens with one attached hydrogen (secondary N) is 1. The summed E-state index contributed by atoms with van der Waals surface area (Å²) in [6.07, 6.45) is 1.02. The zero-order chi connectivity index (χ0) is 20.1. The SMILES string of the molecule is CC[C@H](C)NC(=O)COC(=O)[C@H](CC(C)C)N1C(=O)c2ccccc2C1=O. The number of hydrogen-bond acceptors (Lipinski definition) is 5. The number of ether oxygens (including phenoxy) is 1. The first-order chi connectivity index (χ1) is 12.8. The van der Waals surface area contributed by atoms with Gasteiger partial charge in [0.15, 0.2) is 6.61 Å². The molecule has 0 saturated heterocycles. The predicted octanol–water partition coefficient (Wildman–Crippen LogP) is 2.16. The van der Waals surface area contributed by atoms with Crippen LogP contribution in [-0.4, -0.2) is 47.3 Å². The number of fused-ring (bicyclic) bond motifs is 1. The van der Waals surface area contributed by atoms with Crippen molar-refractivity contribution in [3.8, 4) is 0 Å². The lowest BCUT2D eigenvalue weighted by molar-refractivity contribution is -0.153. The minimum absolute atomic E-state index is 0.0288. The van der Waals surface area contributed by atoms with Gasteiger partial charge in [-0.3, -0.25) is 19.3 Å². The molecule has 1 heterocycles. The molecule has 0 aliphatic carbocycles. The second-order valence-corrected chi connectivity index (χ2v) is 7.16. The maximum Gasteiger partial charge on any atom is 0.329 e. The van der Waals surface area contributed by atoms with Gasteiger partial charge in [-0.15, -0.1) is 0 Å². The molecule has 0 aromatic heterocycles. The Labute approximate surface area is 159 Å². The van der Waals surface area contributed by atoms with Crippen molar-refractivity contribution in [2.24, 2.45) is 5.92 Å². The molecule has 1 aromatic rings. The number of carbonyl (C=O) groups is 4. The Kier molecular flexibility index (Phi) is 6.71. The fraction of sp³-hybridized carbons (Fsp3) is 0.500. The molecule has 0 radical (unpaired) electrons. The van der Waals surface area contributed by atoms with E-state index in [4.69, 9.17) is 4.74 Å². The predicted molar refractivity (Wildman–Crippen MR) is 99.0 cm³/mol. The fourth-order valence-electron chi connectivity index (χ4n) is 2.90. The molecule has 0 spiro atoms. The Bertz CT molecular complexity index is 709. The zero-order valence-corrected chi connectivity index (χ0v) is 16.2. The zero-order valence-electron chi connectivity index (χ0n) is 16.2. The van der Waals surface area contributed by atoms with Crippen molar-refractivity contribution in [1.29, 1.82) is 0 Å². The molecular formula is C20H26N2O5. The summed E-state index contributed by atoms with van der Waals surface area (Å²) in [6, 6.07) is 5.37. The molecule has 7 heteroatoms. The Balaban J connectivity index is 2.14. The molecule has 1 aliphatic rings. The lowest BCUT2D eigenvalue weighted by atomic mass is 10.0. The second kappa shape index (κ2) is 8.79. The van der Waals surface area contributed by atoms with Gasteiger partial charge in [0.1, 0.15) is 6.04 Å². The molecule has 2 atom stereocenters. The van der Waals surface area contributed by atoms with Crippen LogP contribution < -0.4 is 5.32 Å². The van der Waals surface area contributed by atoms with E-state index in [1.165, 1.54) is 0 Å². The summed E-state index contributed by atoms with van der Waals surface area (Å²) >= 11 is 0. The second-order valence-electron chi connectivity index (χ2n) is 7.16. The Hall–Kier alpha value is -2.70. The van der Waals surface area contributed by atoms with Crippen molar-refractivity contribution >= 4 is 23.7 Å². The quantitative estimate of drug-likeness (QED) is 0.556. The van der Waals surface area contributed by atoms with Crippen LogP contribution in [0.25, 0.3) is 0 Å². The largest absolute Gasteiger partial charge is 0.454 e. The number of amides is 3. The van der Waals surface area contributed by atoms with E-state index in [9.17, 15) is 19.2 Å². The van der Waals surface area contributed by atoms with Crippen LogP contribution in [0.4, 0.5) is 0 Å². The van der Waals surface area contributed by atoms with Gasteiger partial charge < -0.3 is 10.1 Å². The van der Waals surface area contributed by atoms with Gasteiger partial charge >= 0.3 is 5.97 Å². The summed E-state index contributed by atoms with van der Waals surface area (Å²) in [7, 11) is 0. The first-order valence-electron chi connectivity index (χ1n) is 9.19. The number of benzene rings is 1. The van der Waals surface area contributed by atoms with Crippen molar-refractivity contribution in [2.75, 3.05) is 6.61 Å². The van der Waals surface area contributed by atoms with Gasteiger partial charge in [0.25, 0.3) is 17.7 Å². The summed E-state index contributed by atoms with van der Waals surface area (Å²) < 4.78 is 5.12. The third-order valence-corrected chi connectivity index (χ3v) is 4.47. The van der Waals surface area contributed by atoms with Gasteiger partial charge in [-0.2, -0.15) is 0 Å². The van der Waals surface area contributed by atoms with Gasteiger partial charge in [-0.05, 0) is 37.8 Å². The molecule has 0 bridgehead atoms. The Morgan fingerprint density at radius 3 is 2.11 bits per heavy atom. The van der Waals surface area contributed by atoms with Crippen LogP contribution in [0.3, 0.4) is 0 Å². The molecule has 3 amide bonds. The van der Waals surface area contributed by atoms with Crippen LogP contribution >= 0.6 is 0 Å². The number of carbonyl (C=O) groups excluding carboxylic acids is 4. The molecular weight excluding hydrogens is 348 g/mol. The van der Waals surface area contributed by atoms with E-state index in [0.29, 0.717) is 0 Å². The maximum absolute atomic E-state index is 12.7. The van der Waals surface area contributed by atoms with Crippen LogP contribution in [-0.2, 0) is 14.3 Å². The van der Waals surface area contributed by atoms with E-state index in [1.54, 1.807) is 24.3 Å². The highest BCUT2D eigenvalue weighted by molar-refractivity contribution is 6.22. The van der Waals surface area contributed by atoms with Gasteiger partial charge in [0.2, 0.25) is 0 Å². The molecule has 1 N–H and O–H groups in total. The van der Waals surface area contributed by atoms with Gasteiger partial charge in [0, 0.05) is 6.04 Å². The minimum Gasteiger partial charge on any atom is -0.454 e. The van der Waals surface area contributed by atoms with Gasteiger partial charge in [-0.1, -0.05) is 32.9 Å². The van der Waals surface area contributed by atoms with Crippen LogP contribution in [0.1, 0.15) is 61.3 Å². The van der Waals surface area contributed by atoms with E-state index in [1.807, 2.05) is 27.7 Å². The molecule has 0 fully saturated rings. The lowest BCUT2D eigenvalue weighted by Gasteiger charge is -2.26. The molecule has 7 nitrogen and oxygen atoms in total. The van der Waals surface area contributed by atoms with Crippen LogP contribution in [0.2, 0.25) is 0 Å². The highest BCUT2D eigenvalue weighted by atomic mass is 16.5. The number of imide groups is 1. The topological polar surface area (TPSA) is 92.8 Å². The number of rotatable bonds is 8. The van der Waals surface area contributed by atoms with Crippen molar-refractivity contribution in [1.82, 2.24) is 10.2 Å². The summed E-state index contributed by atoms with van der Waals surface area (Å²) in [5.41, 5.74) is 0.553. The molecule has 27 heavy (non-hydrogen) atoms. The van der Waals surface area contributed by atoms with Crippen LogP contribution in [0, 0.1) is 5.92 Å². The Morgan fingerprint density at radius 2 is 1.63 bits per heavy atom. The van der Waals surface area contributed by atoms with Crippen molar-refractivity contribution in [2.45, 2.75) is 52.6 Å². The van der Waals surface area contributed by atoms with E-state index >= 15 is 0 Å². The standard InChI is InChI=1S/C20H26N2O5/c1-5-13(4)21-17(23)11-27-20(26)16(10-12(2)3)22-18(24)14-8-6-7-9-15(14)19(22)25/h6-9,12-13,16H,5,10-11H2,1-4H3,(H,21,23)/t13-,16-/m0/s1. The number of nitrogens with zero attached hydrogens (tertiary/aromatic N) is 1. The molecule has 1 aliphatic heterocycles.